The molecular weight excluding hydrogens is 482 g/mol. The lowest BCUT2D eigenvalue weighted by molar-refractivity contribution is -0.224. The average molecular weight is 536 g/mol. The van der Waals surface area contributed by atoms with Gasteiger partial charge in [0.25, 0.3) is 12.4 Å². The third-order valence-corrected chi connectivity index (χ3v) is 7.06. The molecule has 1 aromatic carbocycles. The summed E-state index contributed by atoms with van der Waals surface area (Å²) >= 11 is 0. The summed E-state index contributed by atoms with van der Waals surface area (Å²) in [5.74, 6) is -3.31. The molecule has 0 aliphatic carbocycles. The van der Waals surface area contributed by atoms with Crippen molar-refractivity contribution in [2.24, 2.45) is 11.8 Å². The van der Waals surface area contributed by atoms with Crippen LogP contribution < -0.4 is 0 Å². The van der Waals surface area contributed by atoms with Gasteiger partial charge in [0, 0.05) is 18.5 Å². The van der Waals surface area contributed by atoms with E-state index in [4.69, 9.17) is 9.47 Å². The second kappa shape index (κ2) is 18.9. The molecule has 0 aromatic heterocycles. The Morgan fingerprint density at radius 2 is 1.74 bits per heavy atom. The van der Waals surface area contributed by atoms with E-state index in [-0.39, 0.29) is 24.2 Å². The molecule has 38 heavy (non-hydrogen) atoms. The highest BCUT2D eigenvalue weighted by Gasteiger charge is 2.52. The molecule has 2 heterocycles. The summed E-state index contributed by atoms with van der Waals surface area (Å²) in [7, 11) is 0. The van der Waals surface area contributed by atoms with Gasteiger partial charge < -0.3 is 19.5 Å². The lowest BCUT2D eigenvalue weighted by Crippen LogP contribution is -2.58. The van der Waals surface area contributed by atoms with Crippen LogP contribution in [0.4, 0.5) is 0 Å². The van der Waals surface area contributed by atoms with Crippen LogP contribution in [-0.2, 0) is 30.3 Å². The van der Waals surface area contributed by atoms with Crippen molar-refractivity contribution in [1.82, 2.24) is 4.90 Å². The van der Waals surface area contributed by atoms with Crippen LogP contribution in [0.2, 0.25) is 0 Å². The zero-order valence-electron chi connectivity index (χ0n) is 25.2. The second-order valence-corrected chi connectivity index (χ2v) is 9.70. The summed E-state index contributed by atoms with van der Waals surface area (Å²) < 4.78 is 10.4. The number of carbonyl (C=O) groups is 3. The van der Waals surface area contributed by atoms with E-state index >= 15 is 0 Å². The number of likely N-dealkylation sites (tertiary alicyclic amines) is 1. The Morgan fingerprint density at radius 1 is 1.13 bits per heavy atom. The van der Waals surface area contributed by atoms with E-state index in [0.717, 1.165) is 25.7 Å². The maximum absolute atomic E-state index is 12.5. The minimum atomic E-state index is -2.28. The molecule has 2 saturated heterocycles. The van der Waals surface area contributed by atoms with E-state index in [1.165, 1.54) is 5.56 Å². The van der Waals surface area contributed by atoms with Gasteiger partial charge in [-0.05, 0) is 70.8 Å². The van der Waals surface area contributed by atoms with Crippen LogP contribution in [0, 0.1) is 11.8 Å². The summed E-state index contributed by atoms with van der Waals surface area (Å²) in [5, 5.41) is 10.5. The molecule has 0 saturated carbocycles. The molecule has 3 rings (SSSR count). The molecular formula is C31H53NO6. The Kier molecular flexibility index (Phi) is 17.8. The van der Waals surface area contributed by atoms with E-state index in [2.05, 4.69) is 19.1 Å². The minimum Gasteiger partial charge on any atom is -0.465 e. The maximum Gasteiger partial charge on any atom is 0.309 e. The lowest BCUT2D eigenvalue weighted by atomic mass is 9.92. The van der Waals surface area contributed by atoms with Crippen molar-refractivity contribution >= 4 is 18.2 Å². The Balaban J connectivity index is 0.000000651. The number of amides is 1. The molecule has 6 atom stereocenters. The summed E-state index contributed by atoms with van der Waals surface area (Å²) in [4.78, 5) is 36.6. The molecule has 0 spiro atoms. The number of carbonyl (C=O) groups excluding carboxylic acids is 3. The smallest absolute Gasteiger partial charge is 0.309 e. The van der Waals surface area contributed by atoms with Crippen LogP contribution in [0.3, 0.4) is 0 Å². The van der Waals surface area contributed by atoms with Gasteiger partial charge in [0.2, 0.25) is 5.78 Å². The van der Waals surface area contributed by atoms with Crippen molar-refractivity contribution in [3.05, 3.63) is 35.9 Å². The number of ether oxygens (including phenoxy) is 2. The molecule has 1 aromatic rings. The van der Waals surface area contributed by atoms with Gasteiger partial charge in [-0.25, -0.2) is 0 Å². The topological polar surface area (TPSA) is 93.1 Å². The number of nitrogens with zero attached hydrogens (tertiary/aromatic N) is 1. The fourth-order valence-corrected chi connectivity index (χ4v) is 4.70. The minimum absolute atomic E-state index is 0.00675. The Morgan fingerprint density at radius 3 is 2.24 bits per heavy atom. The highest BCUT2D eigenvalue weighted by Crippen LogP contribution is 2.30. The van der Waals surface area contributed by atoms with Gasteiger partial charge in [-0.1, -0.05) is 71.9 Å². The molecule has 2 aliphatic rings. The van der Waals surface area contributed by atoms with Gasteiger partial charge >= 0.3 is 5.79 Å². The van der Waals surface area contributed by atoms with Crippen molar-refractivity contribution in [3.8, 4) is 0 Å². The molecule has 218 valence electrons. The predicted molar refractivity (Wildman–Crippen MR) is 153 cm³/mol. The van der Waals surface area contributed by atoms with E-state index < -0.39 is 17.5 Å². The normalized spacial score (nSPS) is 26.1. The molecule has 1 N–H and O–H groups in total. The summed E-state index contributed by atoms with van der Waals surface area (Å²) in [5.41, 5.74) is 1.30. The average Bonchev–Trinajstić information content (AvgIpc) is 3.34. The Labute approximate surface area is 231 Å². The third-order valence-electron chi connectivity index (χ3n) is 7.06. The molecule has 6 unspecified atom stereocenters. The van der Waals surface area contributed by atoms with Gasteiger partial charge in [-0.3, -0.25) is 14.4 Å². The maximum atomic E-state index is 12.5. The Bertz CT molecular complexity index is 801. The van der Waals surface area contributed by atoms with Gasteiger partial charge in [0.15, 0.2) is 0 Å². The first-order valence-electron chi connectivity index (χ1n) is 14.5. The van der Waals surface area contributed by atoms with Crippen molar-refractivity contribution in [1.29, 1.82) is 0 Å². The standard InChI is InChI=1S/C14H23NO4.C13H18O2.2C2H6/c1-9-6-7-11(3)19-14(18,12(9)16)13(17)15-8-4-5-10(15)2;1-3-13(11(2)15-10-14)9-12-7-5-4-6-8-12;2*1-2/h9-11,18H,4-8H2,1-3H3;4-8,10-11,13H,3,9H2,1-2H3;2*1-2H3. The third kappa shape index (κ3) is 10.5. The number of ketones is 1. The van der Waals surface area contributed by atoms with Crippen LogP contribution in [0.5, 0.6) is 0 Å². The second-order valence-electron chi connectivity index (χ2n) is 9.70. The first-order chi connectivity index (χ1) is 18.1. The van der Waals surface area contributed by atoms with Crippen LogP contribution in [0.1, 0.15) is 100.0 Å². The van der Waals surface area contributed by atoms with E-state index in [9.17, 15) is 19.5 Å². The van der Waals surface area contributed by atoms with Crippen LogP contribution in [0.15, 0.2) is 30.3 Å². The molecule has 2 fully saturated rings. The fourth-order valence-electron chi connectivity index (χ4n) is 4.70. The molecule has 7 heteroatoms. The number of aliphatic hydroxyl groups is 1. The van der Waals surface area contributed by atoms with Crippen LogP contribution in [0.25, 0.3) is 0 Å². The Hall–Kier alpha value is -2.25. The molecule has 2 aliphatic heterocycles. The van der Waals surface area contributed by atoms with Gasteiger partial charge in [0.05, 0.1) is 6.10 Å². The van der Waals surface area contributed by atoms with Crippen molar-refractivity contribution in [3.63, 3.8) is 0 Å². The van der Waals surface area contributed by atoms with Gasteiger partial charge in [-0.2, -0.15) is 0 Å². The van der Waals surface area contributed by atoms with E-state index in [1.807, 2.05) is 59.7 Å². The van der Waals surface area contributed by atoms with E-state index in [1.54, 1.807) is 18.7 Å². The van der Waals surface area contributed by atoms with Gasteiger partial charge in [-0.15, -0.1) is 0 Å². The summed E-state index contributed by atoms with van der Waals surface area (Å²) in [6.45, 7) is 18.7. The van der Waals surface area contributed by atoms with Crippen molar-refractivity contribution in [2.45, 2.75) is 125 Å². The summed E-state index contributed by atoms with van der Waals surface area (Å²) in [6, 6.07) is 10.4. The first kappa shape index (κ1) is 35.8. The first-order valence-corrected chi connectivity index (χ1v) is 14.5. The lowest BCUT2D eigenvalue weighted by Gasteiger charge is -2.33. The number of benzene rings is 1. The number of rotatable bonds is 7. The fraction of sp³-hybridized carbons (Fsp3) is 0.710. The van der Waals surface area contributed by atoms with Gasteiger partial charge in [0.1, 0.15) is 6.10 Å². The van der Waals surface area contributed by atoms with Crippen LogP contribution in [-0.4, -0.2) is 58.8 Å². The molecule has 0 radical (unpaired) electrons. The van der Waals surface area contributed by atoms with Crippen molar-refractivity contribution in [2.75, 3.05) is 6.54 Å². The monoisotopic (exact) mass is 535 g/mol. The zero-order chi connectivity index (χ0) is 29.3. The summed E-state index contributed by atoms with van der Waals surface area (Å²) in [6.07, 6.45) is 4.82. The quantitative estimate of drug-likeness (QED) is 0.342. The number of Topliss-reactive ketones (excluding diaryl/α,β-unsaturated/α-hetero) is 1. The zero-order valence-corrected chi connectivity index (χ0v) is 25.2. The van der Waals surface area contributed by atoms with E-state index in [0.29, 0.717) is 31.8 Å². The highest BCUT2D eigenvalue weighted by atomic mass is 16.6. The number of hydrogen-bond donors (Lipinski definition) is 1. The SMILES string of the molecule is CC.CC.CC1CCC(C)C(=O)C(O)(C(=O)N2CCCC2C)O1.CCC(Cc1ccccc1)C(C)OC=O. The van der Waals surface area contributed by atoms with Crippen LogP contribution >= 0.6 is 0 Å². The van der Waals surface area contributed by atoms with Crippen molar-refractivity contribution < 1.29 is 29.0 Å². The highest BCUT2D eigenvalue weighted by molar-refractivity contribution is 6.08. The largest absolute Gasteiger partial charge is 0.465 e. The molecule has 0 bridgehead atoms. The number of hydrogen-bond acceptors (Lipinski definition) is 6. The predicted octanol–water partition coefficient (Wildman–Crippen LogP) is 5.96. The molecule has 7 nitrogen and oxygen atoms in total. The molecule has 1 amide bonds.